The van der Waals surface area contributed by atoms with Crippen molar-refractivity contribution in [1.29, 1.82) is 5.39 Å². The van der Waals surface area contributed by atoms with Crippen molar-refractivity contribution in [3.05, 3.63) is 35.3 Å². The first kappa shape index (κ1) is 14.9. The smallest absolute Gasteiger partial charge is 0.378 e. The Hall–Kier alpha value is -1.17. The molecule has 1 radical (unpaired) electrons. The largest absolute Gasteiger partial charge is 0.867 e. The van der Waals surface area contributed by atoms with Gasteiger partial charge in [0.25, 0.3) is 10.1 Å². The van der Waals surface area contributed by atoms with Crippen molar-refractivity contribution in [3.63, 3.8) is 0 Å². The first-order chi connectivity index (χ1) is 7.95. The van der Waals surface area contributed by atoms with Gasteiger partial charge in [-0.1, -0.05) is 12.1 Å². The summed E-state index contributed by atoms with van der Waals surface area (Å²) in [6.45, 7) is 0. The van der Waals surface area contributed by atoms with Gasteiger partial charge in [0.1, 0.15) is 4.90 Å². The van der Waals surface area contributed by atoms with Gasteiger partial charge in [0.2, 0.25) is 5.39 Å². The molecular formula is C10H6N2NaO4S. The summed E-state index contributed by atoms with van der Waals surface area (Å²) in [6, 6.07) is 6.39. The first-order valence-electron chi connectivity index (χ1n) is 4.50. The number of hydrogen-bond acceptors (Lipinski definition) is 4. The fraction of sp³-hybridized carbons (Fsp3) is 0. The number of benzene rings is 2. The second-order valence-electron chi connectivity index (χ2n) is 3.34. The van der Waals surface area contributed by atoms with Crippen LogP contribution in [0.15, 0.2) is 35.2 Å². The van der Waals surface area contributed by atoms with Crippen LogP contribution in [-0.2, 0) is 10.1 Å². The van der Waals surface area contributed by atoms with Crippen LogP contribution in [0.1, 0.15) is 0 Å². The molecule has 0 fully saturated rings. The second kappa shape index (κ2) is 5.22. The van der Waals surface area contributed by atoms with Gasteiger partial charge >= 0.3 is 5.69 Å². The van der Waals surface area contributed by atoms with E-state index in [-0.39, 0.29) is 50.9 Å². The predicted octanol–water partition coefficient (Wildman–Crippen LogP) is 1.26. The molecule has 0 spiro atoms. The maximum Gasteiger partial charge on any atom is 0.378 e. The minimum absolute atomic E-state index is 0. The third kappa shape index (κ3) is 2.48. The molecular weight excluding hydrogens is 267 g/mol. The molecule has 0 aliphatic carbocycles. The van der Waals surface area contributed by atoms with Gasteiger partial charge in [-0.25, -0.2) is 0 Å². The topological polar surface area (TPSA) is 106 Å². The summed E-state index contributed by atoms with van der Waals surface area (Å²) in [5.41, 5.74) is -0.190. The Morgan fingerprint density at radius 3 is 2.39 bits per heavy atom. The van der Waals surface area contributed by atoms with Crippen molar-refractivity contribution in [1.82, 2.24) is 0 Å². The van der Waals surface area contributed by atoms with Crippen molar-refractivity contribution < 1.29 is 18.1 Å². The minimum Gasteiger partial charge on any atom is -0.867 e. The second-order valence-corrected chi connectivity index (χ2v) is 4.73. The molecule has 18 heavy (non-hydrogen) atoms. The summed E-state index contributed by atoms with van der Waals surface area (Å²) in [7, 11) is -4.40. The summed E-state index contributed by atoms with van der Waals surface area (Å²) < 4.78 is 31.2. The molecule has 0 atom stereocenters. The molecule has 2 rings (SSSR count). The fourth-order valence-electron chi connectivity index (χ4n) is 1.59. The van der Waals surface area contributed by atoms with Crippen LogP contribution >= 0.6 is 0 Å². The zero-order valence-electron chi connectivity index (χ0n) is 9.36. The van der Waals surface area contributed by atoms with E-state index in [9.17, 15) is 13.5 Å². The summed E-state index contributed by atoms with van der Waals surface area (Å²) >= 11 is 0. The van der Waals surface area contributed by atoms with Crippen LogP contribution in [-0.4, -0.2) is 42.5 Å². The SMILES string of the molecule is N#[N+]c1ccc2c(S(=O)(=O)O)cccc2c1[O-].[Na]. The Morgan fingerprint density at radius 2 is 1.83 bits per heavy atom. The molecule has 0 unspecified atom stereocenters. The van der Waals surface area contributed by atoms with E-state index in [2.05, 4.69) is 4.98 Å². The van der Waals surface area contributed by atoms with Crippen LogP contribution in [0.2, 0.25) is 0 Å². The zero-order valence-corrected chi connectivity index (χ0v) is 12.2. The molecule has 2 aromatic carbocycles. The summed E-state index contributed by atoms with van der Waals surface area (Å²) in [6.07, 6.45) is 0. The molecule has 0 saturated heterocycles. The maximum atomic E-state index is 11.7. The zero-order chi connectivity index (χ0) is 12.6. The van der Waals surface area contributed by atoms with E-state index >= 15 is 0 Å². The van der Waals surface area contributed by atoms with E-state index < -0.39 is 15.9 Å². The number of hydrogen-bond donors (Lipinski definition) is 1. The van der Waals surface area contributed by atoms with Crippen LogP contribution in [0.4, 0.5) is 5.69 Å². The van der Waals surface area contributed by atoms with Crippen molar-refractivity contribution in [3.8, 4) is 5.75 Å². The average Bonchev–Trinajstić information content (AvgIpc) is 2.28. The van der Waals surface area contributed by atoms with Gasteiger partial charge in [0.15, 0.2) is 4.98 Å². The molecule has 8 heteroatoms. The number of rotatable bonds is 1. The molecule has 6 nitrogen and oxygen atoms in total. The molecule has 0 saturated carbocycles. The van der Waals surface area contributed by atoms with E-state index in [0.29, 0.717) is 0 Å². The molecule has 2 aromatic rings. The number of fused-ring (bicyclic) bond motifs is 1. The van der Waals surface area contributed by atoms with Gasteiger partial charge in [0, 0.05) is 41.0 Å². The van der Waals surface area contributed by atoms with Crippen LogP contribution in [0.25, 0.3) is 15.7 Å². The number of nitrogens with zero attached hydrogens (tertiary/aromatic N) is 2. The molecule has 0 aromatic heterocycles. The standard InChI is InChI=1S/C10H6N2O4S.Na/c11-12-8-5-4-6-7(10(8)13)2-1-3-9(6)17(14,15)16;/h1-5H,(H-,13,14,15,16);. The van der Waals surface area contributed by atoms with E-state index in [1.807, 2.05) is 0 Å². The molecule has 0 aliphatic heterocycles. The molecule has 0 aliphatic rings. The van der Waals surface area contributed by atoms with E-state index in [1.165, 1.54) is 30.3 Å². The van der Waals surface area contributed by atoms with Gasteiger partial charge in [-0.15, -0.1) is 0 Å². The third-order valence-electron chi connectivity index (χ3n) is 2.34. The predicted molar refractivity (Wildman–Crippen MR) is 63.7 cm³/mol. The third-order valence-corrected chi connectivity index (χ3v) is 3.25. The minimum atomic E-state index is -4.40. The molecule has 1 N–H and O–H groups in total. The Morgan fingerprint density at radius 1 is 1.17 bits per heavy atom. The van der Waals surface area contributed by atoms with Gasteiger partial charge in [0.05, 0.1) is 0 Å². The van der Waals surface area contributed by atoms with Gasteiger partial charge in [-0.2, -0.15) is 8.42 Å². The first-order valence-corrected chi connectivity index (χ1v) is 5.94. The van der Waals surface area contributed by atoms with Crippen molar-refractivity contribution in [2.75, 3.05) is 0 Å². The molecule has 0 amide bonds. The molecule has 0 bridgehead atoms. The summed E-state index contributed by atoms with van der Waals surface area (Å²) in [5, 5.41) is 20.4. The van der Waals surface area contributed by atoms with Gasteiger partial charge in [-0.3, -0.25) is 4.55 Å². The monoisotopic (exact) mass is 273 g/mol. The van der Waals surface area contributed by atoms with Crippen LogP contribution in [0, 0.1) is 5.39 Å². The van der Waals surface area contributed by atoms with Crippen LogP contribution < -0.4 is 5.11 Å². The van der Waals surface area contributed by atoms with Gasteiger partial charge in [-0.05, 0) is 23.3 Å². The van der Waals surface area contributed by atoms with E-state index in [4.69, 9.17) is 9.95 Å². The molecule has 87 valence electrons. The molecule has 0 heterocycles. The summed E-state index contributed by atoms with van der Waals surface area (Å²) in [5.74, 6) is -0.601. The Labute approximate surface area is 125 Å². The van der Waals surface area contributed by atoms with Crippen molar-refractivity contribution in [2.24, 2.45) is 0 Å². The quantitative estimate of drug-likeness (QED) is 0.478. The maximum absolute atomic E-state index is 11.7. The van der Waals surface area contributed by atoms with Crippen LogP contribution in [0.3, 0.4) is 0 Å². The van der Waals surface area contributed by atoms with Crippen molar-refractivity contribution >= 4 is 56.1 Å². The van der Waals surface area contributed by atoms with Crippen LogP contribution in [0.5, 0.6) is 5.75 Å². The van der Waals surface area contributed by atoms with Gasteiger partial charge < -0.3 is 5.11 Å². The average molecular weight is 273 g/mol. The Bertz CT molecular complexity index is 752. The van der Waals surface area contributed by atoms with E-state index in [0.717, 1.165) is 0 Å². The summed E-state index contributed by atoms with van der Waals surface area (Å²) in [4.78, 5) is 2.44. The Kier molecular flexibility index (Phi) is 4.32. The normalized spacial score (nSPS) is 10.7. The van der Waals surface area contributed by atoms with Crippen molar-refractivity contribution in [2.45, 2.75) is 4.90 Å². The fourth-order valence-corrected chi connectivity index (χ4v) is 2.30. The Balaban J connectivity index is 0.00000162. The number of diazo groups is 1. The van der Waals surface area contributed by atoms with E-state index in [1.54, 1.807) is 0 Å².